The summed E-state index contributed by atoms with van der Waals surface area (Å²) >= 11 is 0. The minimum atomic E-state index is -0.164. The van der Waals surface area contributed by atoms with Gasteiger partial charge < -0.3 is 13.9 Å². The quantitative estimate of drug-likeness (QED) is 0.727. The fourth-order valence-corrected chi connectivity index (χ4v) is 3.06. The van der Waals surface area contributed by atoms with Crippen LogP contribution in [0.1, 0.15) is 40.4 Å². The van der Waals surface area contributed by atoms with E-state index >= 15 is 0 Å². The van der Waals surface area contributed by atoms with Crippen LogP contribution < -0.4 is 0 Å². The molecule has 0 unspecified atom stereocenters. The molecule has 0 aromatic carbocycles. The largest absolute Gasteiger partial charge is 0.360 e. The van der Waals surface area contributed by atoms with Crippen molar-refractivity contribution >= 4 is 5.91 Å². The minimum absolute atomic E-state index is 0.164. The zero-order valence-electron chi connectivity index (χ0n) is 13.9. The molecule has 0 bridgehead atoms. The van der Waals surface area contributed by atoms with Gasteiger partial charge in [-0.05, 0) is 31.4 Å². The van der Waals surface area contributed by atoms with Gasteiger partial charge in [0.1, 0.15) is 11.5 Å². The van der Waals surface area contributed by atoms with E-state index in [1.165, 1.54) is 0 Å². The molecule has 7 nitrogen and oxygen atoms in total. The molecule has 128 valence electrons. The Morgan fingerprint density at radius 3 is 2.88 bits per heavy atom. The average Bonchev–Trinajstić information content (AvgIpc) is 3.29. The second kappa shape index (κ2) is 6.51. The minimum Gasteiger partial charge on any atom is -0.360 e. The van der Waals surface area contributed by atoms with Crippen molar-refractivity contribution < 1.29 is 13.8 Å². The lowest BCUT2D eigenvalue weighted by molar-refractivity contribution is 0.0761. The number of hydrogen-bond acceptors (Lipinski definition) is 6. The molecule has 4 rings (SSSR count). The van der Waals surface area contributed by atoms with E-state index in [1.54, 1.807) is 24.2 Å². The molecule has 0 saturated carbocycles. The summed E-state index contributed by atoms with van der Waals surface area (Å²) < 4.78 is 10.7. The first-order valence-electron chi connectivity index (χ1n) is 8.32. The van der Waals surface area contributed by atoms with Crippen LogP contribution in [0.5, 0.6) is 0 Å². The van der Waals surface area contributed by atoms with Crippen molar-refractivity contribution in [1.82, 2.24) is 20.2 Å². The summed E-state index contributed by atoms with van der Waals surface area (Å²) in [4.78, 5) is 18.5. The second-order valence-corrected chi connectivity index (χ2v) is 6.19. The number of aromatic nitrogens is 3. The first kappa shape index (κ1) is 15.6. The first-order valence-corrected chi connectivity index (χ1v) is 8.32. The summed E-state index contributed by atoms with van der Waals surface area (Å²) in [7, 11) is 1.72. The van der Waals surface area contributed by atoms with Crippen molar-refractivity contribution in [3.05, 3.63) is 53.2 Å². The van der Waals surface area contributed by atoms with Crippen molar-refractivity contribution in [3.63, 3.8) is 0 Å². The van der Waals surface area contributed by atoms with Crippen LogP contribution in [-0.4, -0.2) is 33.2 Å². The van der Waals surface area contributed by atoms with E-state index in [0.29, 0.717) is 23.7 Å². The number of rotatable bonds is 4. The zero-order valence-corrected chi connectivity index (χ0v) is 13.9. The van der Waals surface area contributed by atoms with Crippen molar-refractivity contribution in [2.75, 3.05) is 7.05 Å². The van der Waals surface area contributed by atoms with E-state index in [2.05, 4.69) is 15.3 Å². The number of carbonyl (C=O) groups excluding carboxylic acids is 1. The summed E-state index contributed by atoms with van der Waals surface area (Å²) in [6.07, 6.45) is 5.55. The molecule has 0 fully saturated rings. The summed E-state index contributed by atoms with van der Waals surface area (Å²) in [6.45, 7) is 0.306. The smallest absolute Gasteiger partial charge is 0.276 e. The molecule has 25 heavy (non-hydrogen) atoms. The summed E-state index contributed by atoms with van der Waals surface area (Å²) in [5.74, 6) is 1.27. The molecule has 0 atom stereocenters. The molecule has 0 aliphatic heterocycles. The van der Waals surface area contributed by atoms with Crippen LogP contribution in [0.15, 0.2) is 39.5 Å². The number of nitrogens with zero attached hydrogens (tertiary/aromatic N) is 4. The van der Waals surface area contributed by atoms with Crippen LogP contribution in [0.3, 0.4) is 0 Å². The van der Waals surface area contributed by atoms with E-state index in [4.69, 9.17) is 9.05 Å². The molecule has 3 aromatic rings. The standard InChI is InChI=1S/C18H18N4O3/c1-22(18(23)17-13-6-2-3-8-16(13)25-21-17)11-12-10-15(20-24-12)14-7-4-5-9-19-14/h4-5,7,9-10H,2-3,6,8,11H2,1H3. The van der Waals surface area contributed by atoms with Crippen molar-refractivity contribution in [2.24, 2.45) is 0 Å². The number of amides is 1. The van der Waals surface area contributed by atoms with Crippen molar-refractivity contribution in [2.45, 2.75) is 32.2 Å². The van der Waals surface area contributed by atoms with Gasteiger partial charge in [-0.15, -0.1) is 0 Å². The molecule has 0 spiro atoms. The lowest BCUT2D eigenvalue weighted by atomic mass is 9.96. The highest BCUT2D eigenvalue weighted by Gasteiger charge is 2.26. The lowest BCUT2D eigenvalue weighted by Crippen LogP contribution is -2.27. The molecular formula is C18H18N4O3. The van der Waals surface area contributed by atoms with Gasteiger partial charge in [0.2, 0.25) is 0 Å². The highest BCUT2D eigenvalue weighted by atomic mass is 16.5. The van der Waals surface area contributed by atoms with Crippen LogP contribution in [-0.2, 0) is 19.4 Å². The summed E-state index contributed by atoms with van der Waals surface area (Å²) in [6, 6.07) is 7.39. The van der Waals surface area contributed by atoms with Gasteiger partial charge in [-0.25, -0.2) is 0 Å². The molecule has 0 N–H and O–H groups in total. The Morgan fingerprint density at radius 2 is 2.04 bits per heavy atom. The van der Waals surface area contributed by atoms with Gasteiger partial charge in [0.05, 0.1) is 12.2 Å². The van der Waals surface area contributed by atoms with Crippen LogP contribution in [0.4, 0.5) is 0 Å². The Balaban J connectivity index is 1.49. The zero-order chi connectivity index (χ0) is 17.2. The monoisotopic (exact) mass is 338 g/mol. The predicted octanol–water partition coefficient (Wildman–Crippen LogP) is 2.88. The number of pyridine rings is 1. The highest BCUT2D eigenvalue weighted by molar-refractivity contribution is 5.93. The maximum absolute atomic E-state index is 12.7. The third-order valence-corrected chi connectivity index (χ3v) is 4.38. The van der Waals surface area contributed by atoms with E-state index < -0.39 is 0 Å². The van der Waals surface area contributed by atoms with Crippen LogP contribution in [0.2, 0.25) is 0 Å². The predicted molar refractivity (Wildman–Crippen MR) is 88.7 cm³/mol. The van der Waals surface area contributed by atoms with Crippen LogP contribution >= 0.6 is 0 Å². The normalized spacial score (nSPS) is 13.5. The Morgan fingerprint density at radius 1 is 1.16 bits per heavy atom. The van der Waals surface area contributed by atoms with Gasteiger partial charge in [-0.3, -0.25) is 9.78 Å². The number of fused-ring (bicyclic) bond motifs is 1. The Bertz CT molecular complexity index is 885. The average molecular weight is 338 g/mol. The van der Waals surface area contributed by atoms with Gasteiger partial charge in [0.15, 0.2) is 11.5 Å². The van der Waals surface area contributed by atoms with E-state index in [9.17, 15) is 4.79 Å². The van der Waals surface area contributed by atoms with E-state index in [-0.39, 0.29) is 5.91 Å². The van der Waals surface area contributed by atoms with Crippen LogP contribution in [0, 0.1) is 0 Å². The number of hydrogen-bond donors (Lipinski definition) is 0. The fourth-order valence-electron chi connectivity index (χ4n) is 3.06. The maximum atomic E-state index is 12.7. The van der Waals surface area contributed by atoms with E-state index in [0.717, 1.165) is 42.7 Å². The third-order valence-electron chi connectivity index (χ3n) is 4.38. The van der Waals surface area contributed by atoms with Gasteiger partial charge >= 0.3 is 0 Å². The topological polar surface area (TPSA) is 85.3 Å². The summed E-state index contributed by atoms with van der Waals surface area (Å²) in [5.41, 5.74) is 2.75. The number of aryl methyl sites for hydroxylation is 1. The second-order valence-electron chi connectivity index (χ2n) is 6.19. The molecular weight excluding hydrogens is 320 g/mol. The Labute approximate surface area is 144 Å². The van der Waals surface area contributed by atoms with Gasteiger partial charge in [-0.2, -0.15) is 0 Å². The van der Waals surface area contributed by atoms with Crippen molar-refractivity contribution in [1.29, 1.82) is 0 Å². The molecule has 3 heterocycles. The Kier molecular flexibility index (Phi) is 4.05. The van der Waals surface area contributed by atoms with Crippen LogP contribution in [0.25, 0.3) is 11.4 Å². The highest BCUT2D eigenvalue weighted by Crippen LogP contribution is 2.25. The third kappa shape index (κ3) is 3.05. The van der Waals surface area contributed by atoms with Gasteiger partial charge in [0, 0.05) is 31.3 Å². The molecule has 0 radical (unpaired) electrons. The maximum Gasteiger partial charge on any atom is 0.276 e. The lowest BCUT2D eigenvalue weighted by Gasteiger charge is -2.15. The Hall–Kier alpha value is -2.96. The molecule has 0 saturated heterocycles. The molecule has 1 aliphatic rings. The van der Waals surface area contributed by atoms with E-state index in [1.807, 2.05) is 18.2 Å². The van der Waals surface area contributed by atoms with Crippen molar-refractivity contribution in [3.8, 4) is 11.4 Å². The molecule has 1 amide bonds. The number of carbonyl (C=O) groups is 1. The van der Waals surface area contributed by atoms with Gasteiger partial charge in [0.25, 0.3) is 5.91 Å². The summed E-state index contributed by atoms with van der Waals surface area (Å²) in [5, 5.41) is 8.01. The fraction of sp³-hybridized carbons (Fsp3) is 0.333. The molecule has 3 aromatic heterocycles. The molecule has 7 heteroatoms. The molecule has 1 aliphatic carbocycles. The van der Waals surface area contributed by atoms with Gasteiger partial charge in [-0.1, -0.05) is 16.4 Å². The SMILES string of the molecule is CN(Cc1cc(-c2ccccn2)no1)C(=O)c1noc2c1CCCC2. The first-order chi connectivity index (χ1) is 12.2.